The van der Waals surface area contributed by atoms with Crippen molar-refractivity contribution in [3.05, 3.63) is 71.8 Å². The first-order chi connectivity index (χ1) is 16.9. The maximum Gasteiger partial charge on any atom is 0.306 e. The van der Waals surface area contributed by atoms with Crippen LogP contribution in [0.25, 0.3) is 0 Å². The number of esters is 1. The van der Waals surface area contributed by atoms with Crippen LogP contribution in [0.1, 0.15) is 73.7 Å². The number of carbonyl (C=O) groups excluding carboxylic acids is 3. The molecule has 0 aromatic heterocycles. The molecule has 7 heteroatoms. The molecule has 0 heterocycles. The molecule has 0 bridgehead atoms. The van der Waals surface area contributed by atoms with Gasteiger partial charge in [0.1, 0.15) is 5.60 Å². The number of hydrogen-bond donors (Lipinski definition) is 2. The Balaban J connectivity index is 1.62. The maximum atomic E-state index is 13.1. The van der Waals surface area contributed by atoms with Crippen LogP contribution in [0.5, 0.6) is 0 Å². The molecule has 3 rings (SSSR count). The van der Waals surface area contributed by atoms with E-state index in [0.717, 1.165) is 24.8 Å². The van der Waals surface area contributed by atoms with E-state index in [2.05, 4.69) is 5.32 Å². The topological polar surface area (TPSA) is 110 Å². The maximum absolute atomic E-state index is 13.1. The largest absolute Gasteiger partial charge is 0.481 e. The number of ketones is 1. The lowest BCUT2D eigenvalue weighted by molar-refractivity contribution is -0.166. The van der Waals surface area contributed by atoms with Crippen molar-refractivity contribution in [3.63, 3.8) is 0 Å². The molecule has 1 aliphatic rings. The molecule has 1 saturated carbocycles. The van der Waals surface area contributed by atoms with Gasteiger partial charge in [-0.25, -0.2) is 0 Å². The highest BCUT2D eigenvalue weighted by molar-refractivity contribution is 5.98. The zero-order chi connectivity index (χ0) is 25.1. The normalized spacial score (nSPS) is 15.5. The molecular formula is C28H33NO6. The number of benzene rings is 2. The lowest BCUT2D eigenvalue weighted by atomic mass is 9.81. The molecule has 2 N–H and O–H groups in total. The van der Waals surface area contributed by atoms with Gasteiger partial charge in [-0.3, -0.25) is 19.2 Å². The number of amides is 1. The molecule has 186 valence electrons. The molecule has 1 amide bonds. The van der Waals surface area contributed by atoms with Gasteiger partial charge in [-0.15, -0.1) is 0 Å². The average Bonchev–Trinajstić information content (AvgIpc) is 2.87. The summed E-state index contributed by atoms with van der Waals surface area (Å²) in [5.74, 6) is -2.02. The lowest BCUT2D eigenvalue weighted by Gasteiger charge is -2.36. The number of carbonyl (C=O) groups is 4. The molecule has 0 aliphatic heterocycles. The first-order valence-corrected chi connectivity index (χ1v) is 12.2. The number of aliphatic carboxylic acids is 1. The summed E-state index contributed by atoms with van der Waals surface area (Å²) in [6.07, 6.45) is 4.45. The number of carboxylic acids is 1. The van der Waals surface area contributed by atoms with Crippen LogP contribution in [0.2, 0.25) is 0 Å². The number of nitrogens with one attached hydrogen (secondary N) is 1. The first-order valence-electron chi connectivity index (χ1n) is 12.2. The molecule has 1 fully saturated rings. The summed E-state index contributed by atoms with van der Waals surface area (Å²) < 4.78 is 5.79. The van der Waals surface area contributed by atoms with E-state index >= 15 is 0 Å². The summed E-state index contributed by atoms with van der Waals surface area (Å²) in [5.41, 5.74) is 0.592. The molecule has 2 aromatic rings. The molecule has 0 saturated heterocycles. The summed E-state index contributed by atoms with van der Waals surface area (Å²) >= 11 is 0. The van der Waals surface area contributed by atoms with E-state index < -0.39 is 23.6 Å². The molecular weight excluding hydrogens is 446 g/mol. The van der Waals surface area contributed by atoms with Crippen molar-refractivity contribution in [2.75, 3.05) is 0 Å². The molecule has 2 aromatic carbocycles. The summed E-state index contributed by atoms with van der Waals surface area (Å²) in [6.45, 7) is 0. The zero-order valence-electron chi connectivity index (χ0n) is 19.9. The summed E-state index contributed by atoms with van der Waals surface area (Å²) in [4.78, 5) is 49.6. The van der Waals surface area contributed by atoms with Crippen LogP contribution in [-0.4, -0.2) is 40.4 Å². The highest BCUT2D eigenvalue weighted by Crippen LogP contribution is 2.36. The van der Waals surface area contributed by atoms with Crippen molar-refractivity contribution in [1.82, 2.24) is 5.32 Å². The fraction of sp³-hybridized carbons (Fsp3) is 0.429. The van der Waals surface area contributed by atoms with Crippen LogP contribution in [0.4, 0.5) is 0 Å². The zero-order valence-corrected chi connectivity index (χ0v) is 19.9. The van der Waals surface area contributed by atoms with Crippen molar-refractivity contribution < 1.29 is 29.0 Å². The van der Waals surface area contributed by atoms with Gasteiger partial charge < -0.3 is 15.2 Å². The Kier molecular flexibility index (Phi) is 9.58. The molecule has 7 nitrogen and oxygen atoms in total. The van der Waals surface area contributed by atoms with E-state index in [4.69, 9.17) is 9.84 Å². The van der Waals surface area contributed by atoms with Gasteiger partial charge in [-0.1, -0.05) is 55.0 Å². The Morgan fingerprint density at radius 1 is 0.857 bits per heavy atom. The van der Waals surface area contributed by atoms with Gasteiger partial charge in [0.05, 0.1) is 12.5 Å². The highest BCUT2D eigenvalue weighted by Gasteiger charge is 2.36. The number of carboxylic acid groups (broad SMARTS) is 1. The van der Waals surface area contributed by atoms with E-state index in [-0.39, 0.29) is 37.4 Å². The monoisotopic (exact) mass is 479 g/mol. The standard InChI is InChI=1S/C28H33NO6/c30-24(14-15-26(33)35-28(19-16-25(31)32)17-8-3-9-18-28)23(20-21-10-4-1-5-11-21)29-27(34)22-12-6-2-7-13-22/h1-2,4-7,10-13,23H,3,8-9,14-20H2,(H,29,34)(H,31,32). The minimum Gasteiger partial charge on any atom is -0.481 e. The van der Waals surface area contributed by atoms with Crippen molar-refractivity contribution in [2.45, 2.75) is 75.9 Å². The predicted molar refractivity (Wildman–Crippen MR) is 131 cm³/mol. The minimum absolute atomic E-state index is 0.0587. The third-order valence-corrected chi connectivity index (χ3v) is 6.48. The van der Waals surface area contributed by atoms with Crippen LogP contribution < -0.4 is 5.32 Å². The quantitative estimate of drug-likeness (QED) is 0.434. The van der Waals surface area contributed by atoms with E-state index in [1.54, 1.807) is 24.3 Å². The molecule has 35 heavy (non-hydrogen) atoms. The highest BCUT2D eigenvalue weighted by atomic mass is 16.6. The van der Waals surface area contributed by atoms with Crippen molar-refractivity contribution in [2.24, 2.45) is 0 Å². The van der Waals surface area contributed by atoms with E-state index in [9.17, 15) is 19.2 Å². The minimum atomic E-state index is -0.918. The van der Waals surface area contributed by atoms with Gasteiger partial charge in [0, 0.05) is 18.4 Å². The molecule has 1 unspecified atom stereocenters. The number of Topliss-reactive ketones (excluding diaryl/α,β-unsaturated/α-hetero) is 1. The Bertz CT molecular complexity index is 999. The van der Waals surface area contributed by atoms with Crippen molar-refractivity contribution in [3.8, 4) is 0 Å². The molecule has 1 atom stereocenters. The average molecular weight is 480 g/mol. The number of rotatable bonds is 12. The van der Waals surface area contributed by atoms with Gasteiger partial charge in [-0.2, -0.15) is 0 Å². The Hall–Kier alpha value is -3.48. The fourth-order valence-electron chi connectivity index (χ4n) is 4.55. The second kappa shape index (κ2) is 12.8. The molecule has 1 aliphatic carbocycles. The van der Waals surface area contributed by atoms with Crippen LogP contribution in [0.3, 0.4) is 0 Å². The van der Waals surface area contributed by atoms with Gasteiger partial charge in [-0.05, 0) is 56.2 Å². The van der Waals surface area contributed by atoms with Crippen molar-refractivity contribution >= 4 is 23.6 Å². The smallest absolute Gasteiger partial charge is 0.306 e. The predicted octanol–water partition coefficient (Wildman–Crippen LogP) is 4.49. The Morgan fingerprint density at radius 3 is 2.11 bits per heavy atom. The van der Waals surface area contributed by atoms with E-state index in [0.29, 0.717) is 24.8 Å². The van der Waals surface area contributed by atoms with Gasteiger partial charge in [0.2, 0.25) is 0 Å². The van der Waals surface area contributed by atoms with Gasteiger partial charge in [0.15, 0.2) is 5.78 Å². The number of hydrogen-bond acceptors (Lipinski definition) is 5. The van der Waals surface area contributed by atoms with Crippen LogP contribution in [0, 0.1) is 0 Å². The summed E-state index contributed by atoms with van der Waals surface area (Å²) in [7, 11) is 0. The second-order valence-electron chi connectivity index (χ2n) is 9.16. The Morgan fingerprint density at radius 2 is 1.49 bits per heavy atom. The third kappa shape index (κ3) is 8.35. The van der Waals surface area contributed by atoms with E-state index in [1.807, 2.05) is 36.4 Å². The Labute approximate surface area is 205 Å². The van der Waals surface area contributed by atoms with Crippen molar-refractivity contribution in [1.29, 1.82) is 0 Å². The number of ether oxygens (including phenoxy) is 1. The molecule has 0 radical (unpaired) electrons. The molecule has 0 spiro atoms. The van der Waals surface area contributed by atoms with Crippen LogP contribution >= 0.6 is 0 Å². The third-order valence-electron chi connectivity index (χ3n) is 6.48. The summed E-state index contributed by atoms with van der Waals surface area (Å²) in [5, 5.41) is 11.9. The van der Waals surface area contributed by atoms with E-state index in [1.165, 1.54) is 0 Å². The van der Waals surface area contributed by atoms with Crippen LogP contribution in [-0.2, 0) is 25.5 Å². The van der Waals surface area contributed by atoms with Gasteiger partial charge in [0.25, 0.3) is 5.91 Å². The van der Waals surface area contributed by atoms with Gasteiger partial charge >= 0.3 is 11.9 Å². The summed E-state index contributed by atoms with van der Waals surface area (Å²) in [6, 6.07) is 17.3. The van der Waals surface area contributed by atoms with Crippen LogP contribution in [0.15, 0.2) is 60.7 Å². The first kappa shape index (κ1) is 26.1. The second-order valence-corrected chi connectivity index (χ2v) is 9.16. The lowest BCUT2D eigenvalue weighted by Crippen LogP contribution is -2.43. The SMILES string of the molecule is O=C(O)CCC1(OC(=O)CCC(=O)C(Cc2ccccc2)NC(=O)c2ccccc2)CCCCC1. The fourth-order valence-corrected chi connectivity index (χ4v) is 4.55.